The van der Waals surface area contributed by atoms with E-state index in [0.717, 1.165) is 30.1 Å². The fourth-order valence-corrected chi connectivity index (χ4v) is 8.19. The normalized spacial score (nSPS) is 52.8. The van der Waals surface area contributed by atoms with Crippen molar-refractivity contribution in [2.75, 3.05) is 0 Å². The molecule has 0 aromatic carbocycles. The second kappa shape index (κ2) is 5.60. The Morgan fingerprint density at radius 2 is 1.62 bits per heavy atom. The molecule has 0 aromatic heterocycles. The lowest BCUT2D eigenvalue weighted by Crippen LogP contribution is -2.55. The molecule has 0 spiro atoms. The first kappa shape index (κ1) is 17.3. The molecule has 142 valence electrons. The zero-order valence-electron chi connectivity index (χ0n) is 16.9. The van der Waals surface area contributed by atoms with Crippen molar-refractivity contribution in [3.63, 3.8) is 0 Å². The third-order valence-corrected chi connectivity index (χ3v) is 10.2. The van der Waals surface area contributed by atoms with Crippen LogP contribution in [0.5, 0.6) is 0 Å². The molecule has 1 nitrogen and oxygen atoms in total. The Bertz CT molecular complexity index is 681. The van der Waals surface area contributed by atoms with Gasteiger partial charge in [-0.05, 0) is 105 Å². The summed E-state index contributed by atoms with van der Waals surface area (Å²) in [5, 5.41) is 11.1. The molecule has 4 saturated carbocycles. The average Bonchev–Trinajstić information content (AvgIpc) is 3.21. The lowest BCUT2D eigenvalue weighted by Gasteiger charge is -2.61. The average molecular weight is 353 g/mol. The van der Waals surface area contributed by atoms with Gasteiger partial charge in [-0.2, -0.15) is 0 Å². The van der Waals surface area contributed by atoms with E-state index in [2.05, 4.69) is 45.1 Å². The maximum absolute atomic E-state index is 11.1. The third kappa shape index (κ3) is 2.19. The van der Waals surface area contributed by atoms with Crippen LogP contribution in [-0.4, -0.2) is 10.7 Å². The first-order valence-corrected chi connectivity index (χ1v) is 11.1. The summed E-state index contributed by atoms with van der Waals surface area (Å²) in [7, 11) is 0. The molecular formula is C25H36O. The Morgan fingerprint density at radius 1 is 0.885 bits per heavy atom. The molecule has 5 rings (SSSR count). The Labute approximate surface area is 159 Å². The molecule has 26 heavy (non-hydrogen) atoms. The Kier molecular flexibility index (Phi) is 3.72. The zero-order valence-corrected chi connectivity index (χ0v) is 16.9. The van der Waals surface area contributed by atoms with E-state index >= 15 is 0 Å². The molecule has 1 N–H and O–H groups in total. The van der Waals surface area contributed by atoms with Gasteiger partial charge in [-0.15, -0.1) is 0 Å². The van der Waals surface area contributed by atoms with Gasteiger partial charge >= 0.3 is 0 Å². The maximum atomic E-state index is 11.1. The van der Waals surface area contributed by atoms with Crippen LogP contribution in [0.4, 0.5) is 0 Å². The molecule has 0 saturated heterocycles. The Balaban J connectivity index is 1.42. The Morgan fingerprint density at radius 3 is 2.38 bits per heavy atom. The van der Waals surface area contributed by atoms with Gasteiger partial charge in [0.25, 0.3) is 0 Å². The SMILES string of the molecule is C[C@]12CCC(=C3C=CC=C3)C[C@@H]1CC[C@@H]1[C@@H]2CC[C@@]2(C)[C@H]1CC[C@@]2(C)O. The smallest absolute Gasteiger partial charge is 0.0675 e. The fraction of sp³-hybridized carbons (Fsp3) is 0.760. The molecule has 0 bridgehead atoms. The summed E-state index contributed by atoms with van der Waals surface area (Å²) in [5.74, 6) is 3.40. The minimum atomic E-state index is -0.439. The second-order valence-corrected chi connectivity index (χ2v) is 10.9. The molecule has 0 unspecified atom stereocenters. The molecule has 1 heteroatoms. The van der Waals surface area contributed by atoms with Crippen LogP contribution in [0.3, 0.4) is 0 Å². The number of hydrogen-bond donors (Lipinski definition) is 1. The minimum Gasteiger partial charge on any atom is -0.390 e. The largest absolute Gasteiger partial charge is 0.390 e. The van der Waals surface area contributed by atoms with E-state index in [1.54, 1.807) is 5.57 Å². The zero-order chi connectivity index (χ0) is 18.2. The number of allylic oxidation sites excluding steroid dienone is 6. The molecular weight excluding hydrogens is 316 g/mol. The highest BCUT2D eigenvalue weighted by Gasteiger charge is 2.62. The van der Waals surface area contributed by atoms with E-state index in [-0.39, 0.29) is 5.41 Å². The molecule has 7 atom stereocenters. The van der Waals surface area contributed by atoms with Crippen LogP contribution in [0, 0.1) is 34.5 Å². The van der Waals surface area contributed by atoms with Crippen LogP contribution in [-0.2, 0) is 0 Å². The standard InChI is InChI=1S/C25H36O/c1-23-13-10-18(17-6-4-5-7-17)16-19(23)8-9-20-21(23)11-14-24(2)22(20)12-15-25(24,3)26/h4-7,19-22,26H,8-16H2,1-3H3/t19-,20+,21-,22-,23-,24-,25+/m0/s1. The summed E-state index contributed by atoms with van der Waals surface area (Å²) in [6.45, 7) is 7.19. The van der Waals surface area contributed by atoms with Crippen LogP contribution in [0.25, 0.3) is 0 Å². The number of rotatable bonds is 0. The molecule has 5 aliphatic rings. The monoisotopic (exact) mass is 352 g/mol. The van der Waals surface area contributed by atoms with Crippen LogP contribution in [0.1, 0.15) is 78.6 Å². The van der Waals surface area contributed by atoms with Crippen molar-refractivity contribution in [2.24, 2.45) is 34.5 Å². The van der Waals surface area contributed by atoms with Crippen molar-refractivity contribution >= 4 is 0 Å². The molecule has 0 radical (unpaired) electrons. The summed E-state index contributed by atoms with van der Waals surface area (Å²) in [6, 6.07) is 0. The number of aliphatic hydroxyl groups is 1. The lowest BCUT2D eigenvalue weighted by atomic mass is 9.44. The molecule has 4 fully saturated rings. The van der Waals surface area contributed by atoms with E-state index in [0.29, 0.717) is 5.41 Å². The first-order valence-electron chi connectivity index (χ1n) is 11.1. The third-order valence-electron chi connectivity index (χ3n) is 10.2. The van der Waals surface area contributed by atoms with Crippen molar-refractivity contribution in [3.8, 4) is 0 Å². The minimum absolute atomic E-state index is 0.165. The summed E-state index contributed by atoms with van der Waals surface area (Å²) in [4.78, 5) is 0. The van der Waals surface area contributed by atoms with Gasteiger partial charge in [0.2, 0.25) is 0 Å². The fourth-order valence-electron chi connectivity index (χ4n) is 8.19. The van der Waals surface area contributed by atoms with Crippen LogP contribution >= 0.6 is 0 Å². The van der Waals surface area contributed by atoms with E-state index in [9.17, 15) is 5.11 Å². The van der Waals surface area contributed by atoms with Crippen molar-refractivity contribution in [2.45, 2.75) is 84.2 Å². The lowest BCUT2D eigenvalue weighted by molar-refractivity contribution is -0.142. The van der Waals surface area contributed by atoms with Gasteiger partial charge in [0.05, 0.1) is 5.60 Å². The quantitative estimate of drug-likeness (QED) is 0.550. The number of hydrogen-bond acceptors (Lipinski definition) is 1. The van der Waals surface area contributed by atoms with Gasteiger partial charge in [-0.25, -0.2) is 0 Å². The van der Waals surface area contributed by atoms with Gasteiger partial charge in [0, 0.05) is 0 Å². The summed E-state index contributed by atoms with van der Waals surface area (Å²) < 4.78 is 0. The Hall–Kier alpha value is -0.820. The summed E-state index contributed by atoms with van der Waals surface area (Å²) >= 11 is 0. The molecule has 5 aliphatic carbocycles. The van der Waals surface area contributed by atoms with Crippen LogP contribution < -0.4 is 0 Å². The molecule has 0 amide bonds. The van der Waals surface area contributed by atoms with Crippen molar-refractivity contribution < 1.29 is 5.11 Å². The van der Waals surface area contributed by atoms with Crippen molar-refractivity contribution in [1.29, 1.82) is 0 Å². The van der Waals surface area contributed by atoms with Crippen molar-refractivity contribution in [3.05, 3.63) is 35.5 Å². The highest BCUT2D eigenvalue weighted by molar-refractivity contribution is 5.44. The van der Waals surface area contributed by atoms with Gasteiger partial charge in [-0.1, -0.05) is 43.7 Å². The van der Waals surface area contributed by atoms with E-state index < -0.39 is 5.60 Å². The first-order chi connectivity index (χ1) is 12.4. The second-order valence-electron chi connectivity index (χ2n) is 10.9. The predicted molar refractivity (Wildman–Crippen MR) is 108 cm³/mol. The topological polar surface area (TPSA) is 20.2 Å². The molecule has 0 aliphatic heterocycles. The highest BCUT2D eigenvalue weighted by Crippen LogP contribution is 2.68. The van der Waals surface area contributed by atoms with E-state index in [1.807, 2.05) is 0 Å². The molecule has 0 aromatic rings. The van der Waals surface area contributed by atoms with Gasteiger partial charge < -0.3 is 5.11 Å². The summed E-state index contributed by atoms with van der Waals surface area (Å²) in [6.07, 6.45) is 20.8. The van der Waals surface area contributed by atoms with Gasteiger partial charge in [0.15, 0.2) is 0 Å². The van der Waals surface area contributed by atoms with E-state index in [1.165, 1.54) is 56.9 Å². The van der Waals surface area contributed by atoms with Crippen LogP contribution in [0.2, 0.25) is 0 Å². The summed E-state index contributed by atoms with van der Waals surface area (Å²) in [5.41, 5.74) is 3.50. The van der Waals surface area contributed by atoms with Gasteiger partial charge in [-0.3, -0.25) is 0 Å². The van der Waals surface area contributed by atoms with Crippen LogP contribution in [0.15, 0.2) is 35.5 Å². The van der Waals surface area contributed by atoms with Crippen molar-refractivity contribution in [1.82, 2.24) is 0 Å². The van der Waals surface area contributed by atoms with Gasteiger partial charge in [0.1, 0.15) is 0 Å². The molecule has 0 heterocycles. The highest BCUT2D eigenvalue weighted by atomic mass is 16.3. The number of fused-ring (bicyclic) bond motifs is 5. The predicted octanol–water partition coefficient (Wildman–Crippen LogP) is 6.20. The van der Waals surface area contributed by atoms with E-state index in [4.69, 9.17) is 0 Å². The maximum Gasteiger partial charge on any atom is 0.0675 e.